The van der Waals surface area contributed by atoms with Crippen LogP contribution in [0.2, 0.25) is 0 Å². The fraction of sp³-hybridized carbons (Fsp3) is 0.792. The van der Waals surface area contributed by atoms with E-state index in [2.05, 4.69) is 33.6 Å². The SMILES string of the molecule is CC1CCN(c2ncc(CN3CCC(C4(C)CCCCN(C)C4=O)CC3)cn2)CC1. The summed E-state index contributed by atoms with van der Waals surface area (Å²) in [5, 5.41) is 0. The zero-order valence-electron chi connectivity index (χ0n) is 19.1. The predicted octanol–water partition coefficient (Wildman–Crippen LogP) is 3.57. The van der Waals surface area contributed by atoms with E-state index in [1.54, 1.807) is 0 Å². The van der Waals surface area contributed by atoms with Crippen LogP contribution in [-0.2, 0) is 11.3 Å². The standard InChI is InChI=1S/C24H39N5O/c1-19-6-14-29(15-7-19)23-25-16-20(17-26-23)18-28-12-8-21(9-13-28)24(2)10-4-5-11-27(3)22(24)30/h16-17,19,21H,4-15,18H2,1-3H3. The second-order valence-corrected chi connectivity index (χ2v) is 10.2. The van der Waals surface area contributed by atoms with Gasteiger partial charge in [-0.05, 0) is 63.5 Å². The van der Waals surface area contributed by atoms with Gasteiger partial charge in [0.2, 0.25) is 11.9 Å². The van der Waals surface area contributed by atoms with Crippen molar-refractivity contribution >= 4 is 11.9 Å². The fourth-order valence-electron chi connectivity index (χ4n) is 5.65. The number of amides is 1. The van der Waals surface area contributed by atoms with Crippen molar-refractivity contribution in [2.75, 3.05) is 44.7 Å². The first-order valence-corrected chi connectivity index (χ1v) is 12.0. The van der Waals surface area contributed by atoms with Crippen LogP contribution in [0.5, 0.6) is 0 Å². The van der Waals surface area contributed by atoms with E-state index in [0.29, 0.717) is 11.8 Å². The van der Waals surface area contributed by atoms with Crippen molar-refractivity contribution in [1.29, 1.82) is 0 Å². The fourth-order valence-corrected chi connectivity index (χ4v) is 5.65. The summed E-state index contributed by atoms with van der Waals surface area (Å²) < 4.78 is 0. The van der Waals surface area contributed by atoms with Crippen LogP contribution in [0.1, 0.15) is 64.4 Å². The third-order valence-electron chi connectivity index (χ3n) is 7.93. The Morgan fingerprint density at radius 2 is 1.67 bits per heavy atom. The van der Waals surface area contributed by atoms with E-state index >= 15 is 0 Å². The molecule has 3 fully saturated rings. The number of carbonyl (C=O) groups is 1. The Kier molecular flexibility index (Phi) is 6.61. The van der Waals surface area contributed by atoms with Crippen LogP contribution in [0, 0.1) is 17.3 Å². The second kappa shape index (κ2) is 9.21. The predicted molar refractivity (Wildman–Crippen MR) is 120 cm³/mol. The maximum Gasteiger partial charge on any atom is 0.228 e. The zero-order valence-corrected chi connectivity index (χ0v) is 19.1. The minimum atomic E-state index is -0.173. The molecule has 1 amide bonds. The van der Waals surface area contributed by atoms with Gasteiger partial charge in [-0.1, -0.05) is 20.3 Å². The molecular weight excluding hydrogens is 374 g/mol. The van der Waals surface area contributed by atoms with Gasteiger partial charge in [-0.2, -0.15) is 0 Å². The van der Waals surface area contributed by atoms with Gasteiger partial charge < -0.3 is 9.80 Å². The Hall–Kier alpha value is -1.69. The molecular formula is C24H39N5O. The molecule has 30 heavy (non-hydrogen) atoms. The highest BCUT2D eigenvalue weighted by atomic mass is 16.2. The number of rotatable bonds is 4. The van der Waals surface area contributed by atoms with Gasteiger partial charge in [0.25, 0.3) is 0 Å². The van der Waals surface area contributed by atoms with E-state index < -0.39 is 0 Å². The molecule has 0 radical (unpaired) electrons. The maximum atomic E-state index is 13.0. The molecule has 6 nitrogen and oxygen atoms in total. The first-order valence-electron chi connectivity index (χ1n) is 12.0. The van der Waals surface area contributed by atoms with Crippen LogP contribution in [-0.4, -0.2) is 65.4 Å². The van der Waals surface area contributed by atoms with Crippen LogP contribution in [0.15, 0.2) is 12.4 Å². The first-order chi connectivity index (χ1) is 14.5. The highest BCUT2D eigenvalue weighted by Crippen LogP contribution is 2.42. The minimum Gasteiger partial charge on any atom is -0.345 e. The molecule has 0 bridgehead atoms. The summed E-state index contributed by atoms with van der Waals surface area (Å²) in [6.07, 6.45) is 12.1. The van der Waals surface area contributed by atoms with Crippen LogP contribution in [0.3, 0.4) is 0 Å². The molecule has 0 aliphatic carbocycles. The third-order valence-corrected chi connectivity index (χ3v) is 7.93. The van der Waals surface area contributed by atoms with Gasteiger partial charge in [-0.3, -0.25) is 9.69 Å². The molecule has 4 heterocycles. The maximum absolute atomic E-state index is 13.0. The van der Waals surface area contributed by atoms with Gasteiger partial charge in [-0.25, -0.2) is 9.97 Å². The number of hydrogen-bond donors (Lipinski definition) is 0. The average Bonchev–Trinajstić information content (AvgIpc) is 2.89. The number of anilines is 1. The smallest absolute Gasteiger partial charge is 0.228 e. The number of aromatic nitrogens is 2. The van der Waals surface area contributed by atoms with Crippen molar-refractivity contribution in [1.82, 2.24) is 19.8 Å². The normalized spacial score (nSPS) is 28.0. The summed E-state index contributed by atoms with van der Waals surface area (Å²) in [6.45, 7) is 10.6. The van der Waals surface area contributed by atoms with Crippen molar-refractivity contribution in [2.45, 2.75) is 65.3 Å². The first kappa shape index (κ1) is 21.5. The van der Waals surface area contributed by atoms with E-state index in [1.165, 1.54) is 24.8 Å². The molecule has 6 heteroatoms. The Bertz CT molecular complexity index is 707. The number of piperidine rings is 2. The number of nitrogens with zero attached hydrogens (tertiary/aromatic N) is 5. The lowest BCUT2D eigenvalue weighted by Gasteiger charge is -2.42. The summed E-state index contributed by atoms with van der Waals surface area (Å²) in [6, 6.07) is 0. The van der Waals surface area contributed by atoms with Gasteiger partial charge >= 0.3 is 0 Å². The van der Waals surface area contributed by atoms with Crippen molar-refractivity contribution in [3.05, 3.63) is 18.0 Å². The summed E-state index contributed by atoms with van der Waals surface area (Å²) >= 11 is 0. The van der Waals surface area contributed by atoms with Crippen molar-refractivity contribution < 1.29 is 4.79 Å². The quantitative estimate of drug-likeness (QED) is 0.755. The number of likely N-dealkylation sites (tertiary alicyclic amines) is 2. The molecule has 3 saturated heterocycles. The highest BCUT2D eigenvalue weighted by molar-refractivity contribution is 5.82. The van der Waals surface area contributed by atoms with Gasteiger partial charge in [-0.15, -0.1) is 0 Å². The Balaban J connectivity index is 1.30. The molecule has 166 valence electrons. The molecule has 1 atom stereocenters. The van der Waals surface area contributed by atoms with E-state index in [4.69, 9.17) is 0 Å². The molecule has 1 aromatic heterocycles. The summed E-state index contributed by atoms with van der Waals surface area (Å²) in [7, 11) is 1.98. The zero-order chi connectivity index (χ0) is 21.1. The summed E-state index contributed by atoms with van der Waals surface area (Å²) in [5.74, 6) is 2.57. The largest absolute Gasteiger partial charge is 0.345 e. The monoisotopic (exact) mass is 413 g/mol. The van der Waals surface area contributed by atoms with E-state index in [0.717, 1.165) is 76.8 Å². The molecule has 0 N–H and O–H groups in total. The lowest BCUT2D eigenvalue weighted by molar-refractivity contribution is -0.143. The summed E-state index contributed by atoms with van der Waals surface area (Å²) in [4.78, 5) is 29.1. The van der Waals surface area contributed by atoms with Gasteiger partial charge in [0.05, 0.1) is 0 Å². The molecule has 3 aliphatic rings. The lowest BCUT2D eigenvalue weighted by Crippen LogP contribution is -2.47. The topological polar surface area (TPSA) is 52.6 Å². The second-order valence-electron chi connectivity index (χ2n) is 10.2. The van der Waals surface area contributed by atoms with Crippen LogP contribution in [0.25, 0.3) is 0 Å². The Morgan fingerprint density at radius 3 is 2.33 bits per heavy atom. The summed E-state index contributed by atoms with van der Waals surface area (Å²) in [5.41, 5.74) is 1.02. The Morgan fingerprint density at radius 1 is 1.00 bits per heavy atom. The third kappa shape index (κ3) is 4.63. The molecule has 3 aliphatic heterocycles. The van der Waals surface area contributed by atoms with E-state index in [9.17, 15) is 4.79 Å². The minimum absolute atomic E-state index is 0.173. The van der Waals surface area contributed by atoms with Gasteiger partial charge in [0.15, 0.2) is 0 Å². The van der Waals surface area contributed by atoms with Crippen LogP contribution < -0.4 is 4.90 Å². The molecule has 1 unspecified atom stereocenters. The van der Waals surface area contributed by atoms with Crippen LogP contribution >= 0.6 is 0 Å². The van der Waals surface area contributed by atoms with Crippen LogP contribution in [0.4, 0.5) is 5.95 Å². The highest BCUT2D eigenvalue weighted by Gasteiger charge is 2.44. The molecule has 1 aromatic rings. The molecule has 0 saturated carbocycles. The van der Waals surface area contributed by atoms with E-state index in [1.807, 2.05) is 24.3 Å². The van der Waals surface area contributed by atoms with Crippen molar-refractivity contribution in [3.8, 4) is 0 Å². The Labute approximate surface area is 182 Å². The molecule has 4 rings (SSSR count). The lowest BCUT2D eigenvalue weighted by atomic mass is 9.69. The van der Waals surface area contributed by atoms with Crippen molar-refractivity contribution in [2.24, 2.45) is 17.3 Å². The van der Waals surface area contributed by atoms with Gasteiger partial charge in [0.1, 0.15) is 0 Å². The average molecular weight is 414 g/mol. The van der Waals surface area contributed by atoms with Gasteiger partial charge in [0, 0.05) is 56.6 Å². The number of carbonyl (C=O) groups excluding carboxylic acids is 1. The molecule has 0 spiro atoms. The number of hydrogen-bond acceptors (Lipinski definition) is 5. The van der Waals surface area contributed by atoms with E-state index in [-0.39, 0.29) is 5.41 Å². The molecule has 0 aromatic carbocycles. The van der Waals surface area contributed by atoms with Crippen molar-refractivity contribution in [3.63, 3.8) is 0 Å².